The molecule has 0 spiro atoms. The predicted molar refractivity (Wildman–Crippen MR) is 122 cm³/mol. The number of nitrogens with two attached hydrogens (primary N) is 1. The summed E-state index contributed by atoms with van der Waals surface area (Å²) in [6.07, 6.45) is -0.589. The Hall–Kier alpha value is -3.59. The van der Waals surface area contributed by atoms with Crippen LogP contribution < -0.4 is 10.5 Å². The van der Waals surface area contributed by atoms with Gasteiger partial charge < -0.3 is 20.5 Å². The van der Waals surface area contributed by atoms with Crippen molar-refractivity contribution in [2.45, 2.75) is 32.0 Å². The number of hydrogen-bond donors (Lipinski definition) is 3. The number of carboxylic acids is 1. The summed E-state index contributed by atoms with van der Waals surface area (Å²) in [5.74, 6) is -2.30. The number of nitrogens with zero attached hydrogens (tertiary/aromatic N) is 2. The second-order valence-electron chi connectivity index (χ2n) is 7.63. The van der Waals surface area contributed by atoms with Crippen molar-refractivity contribution in [2.24, 2.45) is 5.73 Å². The lowest BCUT2D eigenvalue weighted by Gasteiger charge is -2.43. The molecule has 2 aromatic rings. The van der Waals surface area contributed by atoms with Gasteiger partial charge >= 0.3 is 17.8 Å². The number of aliphatic carboxylic acids is 1. The monoisotopic (exact) mass is 472 g/mol. The van der Waals surface area contributed by atoms with Gasteiger partial charge in [-0.1, -0.05) is 30.7 Å². The van der Waals surface area contributed by atoms with Gasteiger partial charge in [0.15, 0.2) is 6.23 Å². The Morgan fingerprint density at radius 3 is 2.36 bits per heavy atom. The van der Waals surface area contributed by atoms with E-state index in [1.54, 1.807) is 48.5 Å². The molecule has 0 aliphatic carbocycles. The Bertz CT molecular complexity index is 1040. The van der Waals surface area contributed by atoms with E-state index in [0.29, 0.717) is 34.9 Å². The van der Waals surface area contributed by atoms with E-state index in [2.05, 4.69) is 0 Å². The van der Waals surface area contributed by atoms with Crippen LogP contribution in [0.1, 0.15) is 36.9 Å². The second kappa shape index (κ2) is 10.4. The van der Waals surface area contributed by atoms with Gasteiger partial charge in [-0.2, -0.15) is 0 Å². The van der Waals surface area contributed by atoms with Crippen molar-refractivity contribution < 1.29 is 24.2 Å². The smallest absolute Gasteiger partial charge is 0.315 e. The van der Waals surface area contributed by atoms with Crippen LogP contribution in [0.2, 0.25) is 5.02 Å². The van der Waals surface area contributed by atoms with E-state index in [4.69, 9.17) is 27.5 Å². The van der Waals surface area contributed by atoms with Crippen molar-refractivity contribution >= 4 is 35.2 Å². The average Bonchev–Trinajstić information content (AvgIpc) is 2.78. The number of amides is 2. The Kier molecular flexibility index (Phi) is 7.55. The first-order chi connectivity index (χ1) is 15.7. The van der Waals surface area contributed by atoms with Gasteiger partial charge in [-0.3, -0.25) is 24.7 Å². The molecule has 0 aromatic heterocycles. The van der Waals surface area contributed by atoms with Crippen LogP contribution in [0.4, 0.5) is 0 Å². The van der Waals surface area contributed by atoms with Crippen LogP contribution in [0.5, 0.6) is 5.75 Å². The molecular formula is C23H25ClN4O5. The lowest BCUT2D eigenvalue weighted by molar-refractivity contribution is -0.169. The number of hydrogen-bond acceptors (Lipinski definition) is 5. The number of rotatable bonds is 9. The minimum absolute atomic E-state index is 0.0143. The summed E-state index contributed by atoms with van der Waals surface area (Å²) < 4.78 is 6.05. The van der Waals surface area contributed by atoms with Gasteiger partial charge in [0.05, 0.1) is 19.0 Å². The standard InChI is InChI=1S/C23H25ClN4O5/c1-2-11-27-19(33-17-9-5-15(6-10-17)21(25)26)13-28(23(32)22(27)31)18(12-20(29)30)14-3-7-16(24)8-4-14/h3-10,18-19H,2,11-13H2,1H3,(H3,25,26)(H,29,30). The number of amidine groups is 1. The van der Waals surface area contributed by atoms with Crippen LogP contribution in [0, 0.1) is 5.41 Å². The third-order valence-corrected chi connectivity index (χ3v) is 5.56. The second-order valence-corrected chi connectivity index (χ2v) is 8.07. The molecule has 2 atom stereocenters. The first-order valence-electron chi connectivity index (χ1n) is 10.4. The minimum Gasteiger partial charge on any atom is -0.481 e. The van der Waals surface area contributed by atoms with Gasteiger partial charge in [-0.25, -0.2) is 0 Å². The molecule has 174 valence electrons. The zero-order valence-corrected chi connectivity index (χ0v) is 18.8. The molecule has 1 fully saturated rings. The fourth-order valence-corrected chi connectivity index (χ4v) is 3.84. The maximum Gasteiger partial charge on any atom is 0.315 e. The van der Waals surface area contributed by atoms with Crippen molar-refractivity contribution in [2.75, 3.05) is 13.1 Å². The molecule has 1 aliphatic heterocycles. The SMILES string of the molecule is CCCN1C(=O)C(=O)N(C(CC(=O)O)c2ccc(Cl)cc2)CC1Oc1ccc(C(=N)N)cc1. The highest BCUT2D eigenvalue weighted by molar-refractivity contribution is 6.35. The molecular weight excluding hydrogens is 448 g/mol. The lowest BCUT2D eigenvalue weighted by Crippen LogP contribution is -2.62. The van der Waals surface area contributed by atoms with Crippen molar-refractivity contribution in [1.29, 1.82) is 5.41 Å². The average molecular weight is 473 g/mol. The Morgan fingerprint density at radius 1 is 1.18 bits per heavy atom. The maximum atomic E-state index is 13.0. The third kappa shape index (κ3) is 5.61. The molecule has 1 heterocycles. The highest BCUT2D eigenvalue weighted by atomic mass is 35.5. The number of halogens is 1. The highest BCUT2D eigenvalue weighted by Crippen LogP contribution is 2.30. The van der Waals surface area contributed by atoms with Crippen LogP contribution >= 0.6 is 11.6 Å². The van der Waals surface area contributed by atoms with E-state index in [9.17, 15) is 19.5 Å². The van der Waals surface area contributed by atoms with E-state index in [0.717, 1.165) is 0 Å². The quantitative estimate of drug-likeness (QED) is 0.291. The van der Waals surface area contributed by atoms with Crippen molar-refractivity contribution in [3.8, 4) is 5.75 Å². The van der Waals surface area contributed by atoms with Gasteiger partial charge in [0.1, 0.15) is 11.6 Å². The normalized spacial score (nSPS) is 17.1. The number of carbonyl (C=O) groups excluding carboxylic acids is 2. The van der Waals surface area contributed by atoms with E-state index < -0.39 is 30.1 Å². The number of carboxylic acid groups (broad SMARTS) is 1. The summed E-state index contributed by atoms with van der Waals surface area (Å²) >= 11 is 5.96. The molecule has 0 saturated carbocycles. The summed E-state index contributed by atoms with van der Waals surface area (Å²) in [4.78, 5) is 40.2. The van der Waals surface area contributed by atoms with E-state index in [-0.39, 0.29) is 18.8 Å². The number of nitrogen functional groups attached to an aromatic ring is 1. The molecule has 0 bridgehead atoms. The van der Waals surface area contributed by atoms with Crippen molar-refractivity contribution in [3.05, 3.63) is 64.7 Å². The predicted octanol–water partition coefficient (Wildman–Crippen LogP) is 2.63. The number of piperazine rings is 1. The molecule has 1 saturated heterocycles. The van der Waals surface area contributed by atoms with Crippen LogP contribution in [0.25, 0.3) is 0 Å². The Balaban J connectivity index is 1.93. The number of carbonyl (C=O) groups is 3. The van der Waals surface area contributed by atoms with Crippen LogP contribution in [-0.4, -0.2) is 57.8 Å². The van der Waals surface area contributed by atoms with Gasteiger partial charge in [0.25, 0.3) is 0 Å². The molecule has 33 heavy (non-hydrogen) atoms. The molecule has 1 aliphatic rings. The lowest BCUT2D eigenvalue weighted by atomic mass is 10.0. The van der Waals surface area contributed by atoms with Gasteiger partial charge in [0, 0.05) is 17.1 Å². The van der Waals surface area contributed by atoms with E-state index in [1.165, 1.54) is 9.80 Å². The first kappa shape index (κ1) is 24.1. The molecule has 2 amide bonds. The number of benzene rings is 2. The van der Waals surface area contributed by atoms with Gasteiger partial charge in [-0.15, -0.1) is 0 Å². The van der Waals surface area contributed by atoms with E-state index >= 15 is 0 Å². The molecule has 9 nitrogen and oxygen atoms in total. The molecule has 3 rings (SSSR count). The first-order valence-corrected chi connectivity index (χ1v) is 10.8. The summed E-state index contributed by atoms with van der Waals surface area (Å²) in [6, 6.07) is 12.1. The number of ether oxygens (including phenoxy) is 1. The molecule has 2 aromatic carbocycles. The van der Waals surface area contributed by atoms with Crippen molar-refractivity contribution in [1.82, 2.24) is 9.80 Å². The van der Waals surface area contributed by atoms with Crippen molar-refractivity contribution in [3.63, 3.8) is 0 Å². The molecule has 4 N–H and O–H groups in total. The van der Waals surface area contributed by atoms with Gasteiger partial charge in [0.2, 0.25) is 0 Å². The fraction of sp³-hybridized carbons (Fsp3) is 0.304. The zero-order chi connectivity index (χ0) is 24.1. The summed E-state index contributed by atoms with van der Waals surface area (Å²) in [7, 11) is 0. The topological polar surface area (TPSA) is 137 Å². The summed E-state index contributed by atoms with van der Waals surface area (Å²) in [5.41, 5.74) is 6.56. The third-order valence-electron chi connectivity index (χ3n) is 5.31. The fourth-order valence-electron chi connectivity index (χ4n) is 3.71. The summed E-state index contributed by atoms with van der Waals surface area (Å²) in [6.45, 7) is 2.17. The van der Waals surface area contributed by atoms with Crippen LogP contribution in [0.15, 0.2) is 48.5 Å². The number of nitrogens with one attached hydrogen (secondary N) is 1. The van der Waals surface area contributed by atoms with E-state index in [1.807, 2.05) is 6.92 Å². The summed E-state index contributed by atoms with van der Waals surface area (Å²) in [5, 5.41) is 17.4. The van der Waals surface area contributed by atoms with Crippen LogP contribution in [-0.2, 0) is 14.4 Å². The Labute approximate surface area is 196 Å². The van der Waals surface area contributed by atoms with Crippen LogP contribution in [0.3, 0.4) is 0 Å². The molecule has 0 radical (unpaired) electrons. The maximum absolute atomic E-state index is 13.0. The zero-order valence-electron chi connectivity index (χ0n) is 18.0. The van der Waals surface area contributed by atoms with Gasteiger partial charge in [-0.05, 0) is 48.4 Å². The molecule has 2 unspecified atom stereocenters. The Morgan fingerprint density at radius 2 is 1.82 bits per heavy atom. The largest absolute Gasteiger partial charge is 0.481 e. The molecule has 10 heteroatoms. The minimum atomic E-state index is -1.11. The highest BCUT2D eigenvalue weighted by Gasteiger charge is 2.43.